The molecule has 0 fully saturated rings. The minimum Gasteiger partial charge on any atom is -0.478 e. The molecule has 15 aromatic rings. The number of ether oxygens (including phenoxy) is 8. The van der Waals surface area contributed by atoms with Crippen LogP contribution in [0.4, 0.5) is 0 Å². The van der Waals surface area contributed by atoms with Crippen LogP contribution in [-0.2, 0) is 19.5 Å². The summed E-state index contributed by atoms with van der Waals surface area (Å²) in [6.45, 7) is 0. The number of carbonyl (C=O) groups is 16. The van der Waals surface area contributed by atoms with Crippen LogP contribution in [0.3, 0.4) is 0 Å². The van der Waals surface area contributed by atoms with Crippen molar-refractivity contribution in [2.45, 2.75) is 0 Å². The Kier molecular flexibility index (Phi) is 25.3. The quantitative estimate of drug-likeness (QED) is 0.0174. The van der Waals surface area contributed by atoms with Gasteiger partial charge in [-0.25, -0.2) is 86.7 Å². The largest absolute Gasteiger partial charge is 2.00 e. The Balaban J connectivity index is 0.0000151. The van der Waals surface area contributed by atoms with E-state index in [1.165, 1.54) is 0 Å². The molecule has 49 heteroatoms. The van der Waals surface area contributed by atoms with Crippen LogP contribution in [0.15, 0.2) is 194 Å². The fourth-order valence-electron chi connectivity index (χ4n) is 14.6. The summed E-state index contributed by atoms with van der Waals surface area (Å²) in [5.41, 5.74) is -15.5. The van der Waals surface area contributed by atoms with E-state index < -0.39 is 322 Å². The van der Waals surface area contributed by atoms with Gasteiger partial charge in [0.1, 0.15) is 46.0 Å². The number of carboxylic acids is 16. The zero-order chi connectivity index (χ0) is 103. The van der Waals surface area contributed by atoms with E-state index in [2.05, 4.69) is 0 Å². The minimum absolute atomic E-state index is 0. The number of hydrogen-bond donors (Lipinski definition) is 16. The van der Waals surface area contributed by atoms with Gasteiger partial charge in [-0.15, -0.1) is 0 Å². The number of aromatic carboxylic acids is 16. The van der Waals surface area contributed by atoms with E-state index in [0.29, 0.717) is 0 Å². The van der Waals surface area contributed by atoms with Crippen molar-refractivity contribution < 1.29 is 216 Å². The second kappa shape index (κ2) is 37.9. The standard InChI is InChI=1S/C96H50N8O40.Zn/c105-81(106)33-1-34(82(107)108)10-49(9-33)137-65-25-57-58(26-66(65)138-50-11-35(83(109)110)2-36(12-50)84(111)112)74-97-73(57)101-75-59-27-67(139-51-13-37(85(113)114)3-38(14-51)86(115)116)68(140-52-15-39(87(117)118)4-40(16-52)88(119)120)28-60(59)77(98-75)103-79-63-31-71(143-55-21-45(93(129)130)7-46(22-55)94(131)132)72(144-56-23-47(95(133)134)8-48(24-56)96(135)136)32-64(63)80(100-79)104-78-62-30-70(142-54-19-43(91(125)126)6-44(20-54)92(127)128)69(29-61(62)76(99-78)102-74)141-53-17-41(89(121)122)5-42(18-53)90(123)124;/h1-32H,(H18,97,98,99,100,101,102,103,104,105,106,107,108,109,110,111,112,113,114,115,116,117,118,119,120,121,122,123,124,125,126,127,128,129,130,131,132,133,134,135,136);/q;+2/p-2. The van der Waals surface area contributed by atoms with Gasteiger partial charge in [0.2, 0.25) is 0 Å². The summed E-state index contributed by atoms with van der Waals surface area (Å²) in [6.07, 6.45) is 0. The molecule has 145 heavy (non-hydrogen) atoms. The molecule has 12 aromatic carbocycles. The molecule has 17 rings (SSSR count). The van der Waals surface area contributed by atoms with Crippen LogP contribution < -0.4 is 47.9 Å². The Morgan fingerprint density at radius 3 is 0.379 bits per heavy atom. The van der Waals surface area contributed by atoms with Crippen molar-refractivity contribution in [3.8, 4) is 138 Å². The van der Waals surface area contributed by atoms with Crippen LogP contribution in [0.2, 0.25) is 0 Å². The molecular formula is C96H48N8O40Zn. The third-order valence-corrected chi connectivity index (χ3v) is 21.0. The number of benzene rings is 12. The van der Waals surface area contributed by atoms with Crippen molar-refractivity contribution in [1.82, 2.24) is 39.9 Å². The Hall–Kier alpha value is -21.5. The van der Waals surface area contributed by atoms with Crippen LogP contribution in [0, 0.1) is 0 Å². The average Bonchev–Trinajstić information content (AvgIpc) is 1.58. The van der Waals surface area contributed by atoms with Crippen LogP contribution >= 0.6 is 0 Å². The van der Waals surface area contributed by atoms with Crippen molar-refractivity contribution in [2.24, 2.45) is 0 Å². The van der Waals surface area contributed by atoms with Crippen molar-refractivity contribution in [1.29, 1.82) is 0 Å². The van der Waals surface area contributed by atoms with Gasteiger partial charge < -0.3 is 150 Å². The first-order valence-corrected chi connectivity index (χ1v) is 40.2. The number of nitrogens with zero attached hydrogens (tertiary/aromatic N) is 8. The molecule has 0 radical (unpaired) electrons. The van der Waals surface area contributed by atoms with Gasteiger partial charge in [0, 0.05) is 44.8 Å². The summed E-state index contributed by atoms with van der Waals surface area (Å²) in [7, 11) is 0. The fourth-order valence-corrected chi connectivity index (χ4v) is 14.6. The maximum atomic E-state index is 12.8. The Labute approximate surface area is 811 Å². The fraction of sp³-hybridized carbons (Fsp3) is 0. The molecule has 5 heterocycles. The van der Waals surface area contributed by atoms with Crippen molar-refractivity contribution in [2.75, 3.05) is 0 Å². The van der Waals surface area contributed by atoms with Crippen LogP contribution in [0.5, 0.6) is 92.0 Å². The van der Waals surface area contributed by atoms with Gasteiger partial charge in [-0.3, -0.25) is 0 Å². The smallest absolute Gasteiger partial charge is 0.478 e. The zero-order valence-corrected chi connectivity index (χ0v) is 74.7. The molecular weight excluding hydrogens is 1970 g/mol. The van der Waals surface area contributed by atoms with E-state index in [9.17, 15) is 158 Å². The monoisotopic (exact) mass is 2020 g/mol. The van der Waals surface area contributed by atoms with Gasteiger partial charge in [-0.05, 0) is 216 Å². The predicted octanol–water partition coefficient (Wildman–Crippen LogP) is 15.6. The molecule has 0 unspecified atom stereocenters. The second-order valence-corrected chi connectivity index (χ2v) is 30.5. The molecule has 0 atom stereocenters. The van der Waals surface area contributed by atoms with Crippen molar-refractivity contribution >= 4 is 140 Å². The predicted molar refractivity (Wildman–Crippen MR) is 477 cm³/mol. The number of hydrogen-bond acceptors (Lipinski definition) is 30. The SMILES string of the molecule is O=C(O)c1cc(Oc2cc3c(cc2Oc2cc(C(=O)O)cc(C(=O)O)c2)-c2nc-3nc3[n-]c(nc4nc(nc5[n-]c(n2)c2cc(Oc6cc(C(=O)O)cc(C(=O)O)c6)c(Oc6cc(C(=O)O)cc(C(=O)O)c6)cc52)-c2cc(Oc5cc(C(=O)O)cc(C(=O)O)c5)c(Oc5cc(C(=O)O)cc(C(=O)O)c5)cc2-4)c2cc(Oc4cc(C(=O)O)cc(C(=O)O)c4)c(Oc4cc(C(=O)O)cc(C(=O)O)c4)cc32)cc(C(=O)O)c1.[Zn+2]. The topological polar surface area (TPSA) is 776 Å². The first-order chi connectivity index (χ1) is 68.3. The van der Waals surface area contributed by atoms with Crippen molar-refractivity contribution in [3.63, 3.8) is 0 Å². The van der Waals surface area contributed by atoms with Crippen LogP contribution in [0.25, 0.3) is 89.7 Å². The van der Waals surface area contributed by atoms with Gasteiger partial charge >= 0.3 is 115 Å². The molecule has 0 spiro atoms. The van der Waals surface area contributed by atoms with E-state index >= 15 is 0 Å². The van der Waals surface area contributed by atoms with Gasteiger partial charge in [0.25, 0.3) is 0 Å². The van der Waals surface area contributed by atoms with Gasteiger partial charge in [-0.1, -0.05) is 0 Å². The Morgan fingerprint density at radius 2 is 0.269 bits per heavy atom. The summed E-state index contributed by atoms with van der Waals surface area (Å²) < 4.78 is 51.0. The van der Waals surface area contributed by atoms with E-state index in [4.69, 9.17) is 77.8 Å². The zero-order valence-electron chi connectivity index (χ0n) is 71.7. The molecule has 16 N–H and O–H groups in total. The second-order valence-electron chi connectivity index (χ2n) is 30.5. The van der Waals surface area contributed by atoms with E-state index in [-0.39, 0.29) is 63.3 Å². The van der Waals surface area contributed by atoms with Crippen molar-refractivity contribution in [3.05, 3.63) is 283 Å². The van der Waals surface area contributed by atoms with Crippen LogP contribution in [0.1, 0.15) is 166 Å². The molecule has 3 aromatic heterocycles. The molecule has 8 bridgehead atoms. The minimum atomic E-state index is -1.72. The number of carboxylic acid groups (broad SMARTS) is 16. The molecule has 2 aliphatic rings. The third kappa shape index (κ3) is 20.0. The van der Waals surface area contributed by atoms with E-state index in [0.717, 1.165) is 194 Å². The summed E-state index contributed by atoms with van der Waals surface area (Å²) in [5, 5.41) is 164. The molecule has 0 saturated carbocycles. The Bertz CT molecular complexity index is 7390. The summed E-state index contributed by atoms with van der Waals surface area (Å²) in [5.74, 6) is -40.4. The summed E-state index contributed by atoms with van der Waals surface area (Å²) >= 11 is 0. The molecule has 0 saturated heterocycles. The van der Waals surface area contributed by atoms with Gasteiger partial charge in [-0.2, -0.15) is 0 Å². The number of fused-ring (bicyclic) bond motifs is 20. The van der Waals surface area contributed by atoms with E-state index in [1.54, 1.807) is 0 Å². The number of aromatic nitrogens is 8. The Morgan fingerprint density at radius 1 is 0.159 bits per heavy atom. The molecule has 0 amide bonds. The third-order valence-electron chi connectivity index (χ3n) is 21.0. The maximum Gasteiger partial charge on any atom is 2.00 e. The maximum absolute atomic E-state index is 12.8. The molecule has 48 nitrogen and oxygen atoms in total. The summed E-state index contributed by atoms with van der Waals surface area (Å²) in [4.78, 5) is 244. The number of rotatable bonds is 32. The molecule has 714 valence electrons. The van der Waals surface area contributed by atoms with E-state index in [1.807, 2.05) is 0 Å². The first kappa shape index (κ1) is 96.7. The van der Waals surface area contributed by atoms with Gasteiger partial charge in [0.15, 0.2) is 46.0 Å². The first-order valence-electron chi connectivity index (χ1n) is 40.2. The molecule has 0 aliphatic carbocycles. The van der Waals surface area contributed by atoms with Crippen LogP contribution in [-0.4, -0.2) is 207 Å². The normalized spacial score (nSPS) is 11.0. The van der Waals surface area contributed by atoms with Gasteiger partial charge in [0.05, 0.1) is 112 Å². The molecule has 2 aliphatic heterocycles. The average molecular weight is 2020 g/mol. The summed E-state index contributed by atoms with van der Waals surface area (Å²) in [6, 6.07) is 27.4.